The molecule has 0 aliphatic rings. The molecule has 0 fully saturated rings. The lowest BCUT2D eigenvalue weighted by atomic mass is 10.1. The lowest BCUT2D eigenvalue weighted by Crippen LogP contribution is -2.20. The van der Waals surface area contributed by atoms with Gasteiger partial charge in [-0.25, -0.2) is 19.3 Å². The van der Waals surface area contributed by atoms with Crippen LogP contribution in [0.5, 0.6) is 11.5 Å². The highest BCUT2D eigenvalue weighted by Gasteiger charge is 2.22. The first-order valence-electron chi connectivity index (χ1n) is 11.5. The number of hydrogen-bond acceptors (Lipinski definition) is 7. The van der Waals surface area contributed by atoms with Gasteiger partial charge in [0.1, 0.15) is 23.1 Å². The molecule has 2 aromatic heterocycles. The van der Waals surface area contributed by atoms with Gasteiger partial charge in [-0.2, -0.15) is 0 Å². The van der Waals surface area contributed by atoms with E-state index in [0.29, 0.717) is 40.9 Å². The maximum absolute atomic E-state index is 15.8. The van der Waals surface area contributed by atoms with Crippen molar-refractivity contribution in [1.82, 2.24) is 19.9 Å². The van der Waals surface area contributed by atoms with Gasteiger partial charge in [0.05, 0.1) is 24.9 Å². The molecule has 2 heterocycles. The minimum atomic E-state index is -0.527. The number of ether oxygens (including phenoxy) is 2. The normalized spacial score (nSPS) is 10.9. The van der Waals surface area contributed by atoms with E-state index in [1.54, 1.807) is 66.0 Å². The van der Waals surface area contributed by atoms with Crippen molar-refractivity contribution in [1.29, 1.82) is 5.41 Å². The van der Waals surface area contributed by atoms with Crippen molar-refractivity contribution in [3.63, 3.8) is 0 Å². The number of aromatic amines is 1. The molecule has 36 heavy (non-hydrogen) atoms. The number of nitrogen functional groups attached to an aromatic ring is 1. The molecule has 186 valence electrons. The standard InChI is InChI=1S/C26H28FN7O2/c1-4-35-19-12-21(24(27)22(13-19)36-16(2)3)34(18-8-6-17(7-9-18)25(28)29)15-23-32-14-20(33-23)26-30-10-5-11-31-26/h5-14,16H,4,15H2,1-3H3,(H3,28,29)(H,32,33). The first kappa shape index (κ1) is 24.6. The predicted molar refractivity (Wildman–Crippen MR) is 136 cm³/mol. The van der Waals surface area contributed by atoms with E-state index in [9.17, 15) is 0 Å². The van der Waals surface area contributed by atoms with Crippen molar-refractivity contribution < 1.29 is 13.9 Å². The van der Waals surface area contributed by atoms with E-state index in [1.807, 2.05) is 20.8 Å². The van der Waals surface area contributed by atoms with E-state index in [-0.39, 0.29) is 29.9 Å². The molecule has 0 atom stereocenters. The maximum atomic E-state index is 15.8. The Balaban J connectivity index is 1.79. The van der Waals surface area contributed by atoms with Crippen LogP contribution in [0.1, 0.15) is 32.2 Å². The number of benzene rings is 2. The molecule has 4 N–H and O–H groups in total. The average Bonchev–Trinajstić information content (AvgIpc) is 3.34. The quantitative estimate of drug-likeness (QED) is 0.215. The van der Waals surface area contributed by atoms with Crippen LogP contribution in [-0.4, -0.2) is 38.5 Å². The van der Waals surface area contributed by atoms with Crippen molar-refractivity contribution in [2.75, 3.05) is 11.5 Å². The molecule has 4 aromatic rings. The summed E-state index contributed by atoms with van der Waals surface area (Å²) in [6.07, 6.45) is 4.77. The molecule has 4 rings (SSSR count). The number of anilines is 2. The fourth-order valence-corrected chi connectivity index (χ4v) is 3.62. The van der Waals surface area contributed by atoms with Crippen molar-refractivity contribution in [3.8, 4) is 23.0 Å². The number of aromatic nitrogens is 4. The van der Waals surface area contributed by atoms with Gasteiger partial charge in [-0.1, -0.05) is 0 Å². The topological polar surface area (TPSA) is 126 Å². The zero-order valence-electron chi connectivity index (χ0n) is 20.3. The highest BCUT2D eigenvalue weighted by molar-refractivity contribution is 5.95. The van der Waals surface area contributed by atoms with Crippen molar-refractivity contribution in [2.45, 2.75) is 33.4 Å². The van der Waals surface area contributed by atoms with Gasteiger partial charge in [-0.05, 0) is 51.1 Å². The zero-order valence-corrected chi connectivity index (χ0v) is 20.3. The van der Waals surface area contributed by atoms with Crippen LogP contribution in [0.2, 0.25) is 0 Å². The van der Waals surface area contributed by atoms with Gasteiger partial charge < -0.3 is 25.1 Å². The fraction of sp³-hybridized carbons (Fsp3) is 0.231. The predicted octanol–water partition coefficient (Wildman–Crippen LogP) is 4.81. The summed E-state index contributed by atoms with van der Waals surface area (Å²) in [4.78, 5) is 18.0. The van der Waals surface area contributed by atoms with E-state index in [2.05, 4.69) is 19.9 Å². The summed E-state index contributed by atoms with van der Waals surface area (Å²) < 4.78 is 27.3. The molecule has 0 unspecified atom stereocenters. The highest BCUT2D eigenvalue weighted by Crippen LogP contribution is 2.38. The Bertz CT molecular complexity index is 1320. The lowest BCUT2D eigenvalue weighted by Gasteiger charge is -2.26. The second kappa shape index (κ2) is 10.9. The van der Waals surface area contributed by atoms with E-state index >= 15 is 4.39 Å². The molecule has 0 saturated carbocycles. The monoisotopic (exact) mass is 489 g/mol. The summed E-state index contributed by atoms with van der Waals surface area (Å²) in [5.74, 6) is 1.04. The number of amidine groups is 1. The largest absolute Gasteiger partial charge is 0.494 e. The third-order valence-electron chi connectivity index (χ3n) is 5.18. The molecule has 9 nitrogen and oxygen atoms in total. The summed E-state index contributed by atoms with van der Waals surface area (Å²) in [7, 11) is 0. The molecule has 2 aromatic carbocycles. The summed E-state index contributed by atoms with van der Waals surface area (Å²) in [5, 5.41) is 7.69. The molecular weight excluding hydrogens is 461 g/mol. The Morgan fingerprint density at radius 2 is 1.89 bits per heavy atom. The van der Waals surface area contributed by atoms with Gasteiger partial charge in [-0.15, -0.1) is 0 Å². The number of nitrogens with zero attached hydrogens (tertiary/aromatic N) is 4. The second-order valence-corrected chi connectivity index (χ2v) is 8.21. The number of hydrogen-bond donors (Lipinski definition) is 3. The van der Waals surface area contributed by atoms with E-state index in [1.165, 1.54) is 0 Å². The highest BCUT2D eigenvalue weighted by atomic mass is 19.1. The van der Waals surface area contributed by atoms with Gasteiger partial charge >= 0.3 is 0 Å². The van der Waals surface area contributed by atoms with Gasteiger partial charge in [0, 0.05) is 42.0 Å². The number of nitrogens with one attached hydrogen (secondary N) is 2. The van der Waals surface area contributed by atoms with E-state index in [4.69, 9.17) is 20.6 Å². The second-order valence-electron chi connectivity index (χ2n) is 8.21. The smallest absolute Gasteiger partial charge is 0.188 e. The van der Waals surface area contributed by atoms with Crippen LogP contribution in [0.15, 0.2) is 61.1 Å². The fourth-order valence-electron chi connectivity index (χ4n) is 3.62. The molecule has 0 aliphatic carbocycles. The number of nitrogens with two attached hydrogens (primary N) is 1. The molecule has 0 bridgehead atoms. The molecule has 0 amide bonds. The first-order chi connectivity index (χ1) is 17.4. The van der Waals surface area contributed by atoms with Crippen LogP contribution in [-0.2, 0) is 6.54 Å². The number of rotatable bonds is 10. The van der Waals surface area contributed by atoms with Crippen LogP contribution in [0, 0.1) is 11.2 Å². The van der Waals surface area contributed by atoms with Crippen molar-refractivity contribution in [3.05, 3.63) is 78.3 Å². The van der Waals surface area contributed by atoms with Crippen LogP contribution >= 0.6 is 0 Å². The average molecular weight is 490 g/mol. The van der Waals surface area contributed by atoms with Gasteiger partial charge in [-0.3, -0.25) is 5.41 Å². The van der Waals surface area contributed by atoms with E-state index < -0.39 is 5.82 Å². The Hall–Kier alpha value is -4.47. The minimum absolute atomic E-state index is 0.0521. The molecule has 10 heteroatoms. The molecule has 0 spiro atoms. The van der Waals surface area contributed by atoms with Crippen LogP contribution in [0.25, 0.3) is 11.5 Å². The summed E-state index contributed by atoms with van der Waals surface area (Å²) >= 11 is 0. The Morgan fingerprint density at radius 3 is 2.53 bits per heavy atom. The summed E-state index contributed by atoms with van der Waals surface area (Å²) in [5.41, 5.74) is 7.68. The molecule has 0 aliphatic heterocycles. The summed E-state index contributed by atoms with van der Waals surface area (Å²) in [6, 6.07) is 11.9. The van der Waals surface area contributed by atoms with Crippen molar-refractivity contribution in [2.24, 2.45) is 5.73 Å². The molecule has 0 saturated heterocycles. The lowest BCUT2D eigenvalue weighted by molar-refractivity contribution is 0.229. The van der Waals surface area contributed by atoms with Gasteiger partial charge in [0.15, 0.2) is 17.4 Å². The first-order valence-corrected chi connectivity index (χ1v) is 11.5. The third kappa shape index (κ3) is 5.60. The van der Waals surface area contributed by atoms with Crippen LogP contribution < -0.4 is 20.1 Å². The molecular formula is C26H28FN7O2. The summed E-state index contributed by atoms with van der Waals surface area (Å²) in [6.45, 7) is 6.14. The number of halogens is 1. The Labute approximate surface area is 208 Å². The van der Waals surface area contributed by atoms with Crippen LogP contribution in [0.4, 0.5) is 15.8 Å². The number of H-pyrrole nitrogens is 1. The van der Waals surface area contributed by atoms with Gasteiger partial charge in [0.2, 0.25) is 0 Å². The minimum Gasteiger partial charge on any atom is -0.494 e. The molecule has 0 radical (unpaired) electrons. The maximum Gasteiger partial charge on any atom is 0.188 e. The third-order valence-corrected chi connectivity index (χ3v) is 5.18. The van der Waals surface area contributed by atoms with Gasteiger partial charge in [0.25, 0.3) is 0 Å². The van der Waals surface area contributed by atoms with E-state index in [0.717, 1.165) is 0 Å². The number of imidazole rings is 1. The van der Waals surface area contributed by atoms with Crippen molar-refractivity contribution >= 4 is 17.2 Å². The zero-order chi connectivity index (χ0) is 25.7. The Kier molecular flexibility index (Phi) is 7.43. The SMILES string of the molecule is CCOc1cc(OC(C)C)c(F)c(N(Cc2nc(-c3ncccn3)c[nH]2)c2ccc(C(=N)N)cc2)c1. The Morgan fingerprint density at radius 1 is 1.17 bits per heavy atom. The van der Waals surface area contributed by atoms with Crippen LogP contribution in [0.3, 0.4) is 0 Å².